The van der Waals surface area contributed by atoms with Gasteiger partial charge in [0.1, 0.15) is 58.6 Å². The number of nitriles is 3. The van der Waals surface area contributed by atoms with E-state index in [0.29, 0.717) is 32.6 Å². The SMILES string of the molecule is N#CC[C@H]1CN(c2nc(OC[C@@]34CCCN3C[C@H](F)C4)nc3c(=O)c(-c4cc(F)cc5oc(N)c(C#N)c45)c(C#N)[nH]c23)CCN1. The van der Waals surface area contributed by atoms with E-state index in [1.807, 2.05) is 17.0 Å². The predicted molar refractivity (Wildman–Crippen MR) is 162 cm³/mol. The van der Waals surface area contributed by atoms with Crippen molar-refractivity contribution >= 4 is 33.7 Å². The standard InChI is InChI=1S/C31H28F2N10O3/c32-16-8-19(23-20(11-35)28(37)46-22(23)9-16)24-21(12-36)39-26-25(27(24)44)40-30(41-29(26)42-7-5-38-18(14-42)2-4-34)45-15-31-3-1-6-43(31)13-17(33)10-31/h8-9,17-18,38H,1-3,5-7,10,13-15,37H2,(H,39,44)/t17-,18+,31+/m1/s1. The summed E-state index contributed by atoms with van der Waals surface area (Å²) in [5.41, 5.74) is 4.00. The highest BCUT2D eigenvalue weighted by Gasteiger charge is 2.49. The Balaban J connectivity index is 1.42. The number of alkyl halides is 1. The molecular weight excluding hydrogens is 598 g/mol. The highest BCUT2D eigenvalue weighted by Crippen LogP contribution is 2.41. The van der Waals surface area contributed by atoms with Crippen LogP contribution in [0.4, 0.5) is 20.5 Å². The average molecular weight is 627 g/mol. The fourth-order valence-electron chi connectivity index (χ4n) is 7.20. The molecule has 13 nitrogen and oxygen atoms in total. The summed E-state index contributed by atoms with van der Waals surface area (Å²) in [6.45, 7) is 2.57. The number of pyridine rings is 1. The van der Waals surface area contributed by atoms with Crippen LogP contribution in [0.25, 0.3) is 33.1 Å². The van der Waals surface area contributed by atoms with Gasteiger partial charge in [0.2, 0.25) is 11.3 Å². The third-order valence-electron chi connectivity index (χ3n) is 9.21. The van der Waals surface area contributed by atoms with Crippen LogP contribution in [0.3, 0.4) is 0 Å². The van der Waals surface area contributed by atoms with Gasteiger partial charge in [0.15, 0.2) is 5.82 Å². The van der Waals surface area contributed by atoms with E-state index in [1.54, 1.807) is 0 Å². The molecule has 46 heavy (non-hydrogen) atoms. The molecule has 0 unspecified atom stereocenters. The summed E-state index contributed by atoms with van der Waals surface area (Å²) < 4.78 is 40.9. The molecule has 4 N–H and O–H groups in total. The molecule has 0 amide bonds. The summed E-state index contributed by atoms with van der Waals surface area (Å²) in [5.74, 6) is -0.743. The number of fused-ring (bicyclic) bond motifs is 3. The minimum absolute atomic E-state index is 0.0627. The van der Waals surface area contributed by atoms with Gasteiger partial charge in [0.05, 0.1) is 23.6 Å². The van der Waals surface area contributed by atoms with Gasteiger partial charge in [0, 0.05) is 55.7 Å². The lowest BCUT2D eigenvalue weighted by Gasteiger charge is -2.34. The van der Waals surface area contributed by atoms with Crippen molar-refractivity contribution in [2.75, 3.05) is 50.0 Å². The second-order valence-electron chi connectivity index (χ2n) is 12.0. The van der Waals surface area contributed by atoms with Crippen LogP contribution in [-0.4, -0.2) is 76.9 Å². The number of hydrogen-bond donors (Lipinski definition) is 3. The Bertz CT molecular complexity index is 2080. The van der Waals surface area contributed by atoms with E-state index in [9.17, 15) is 29.4 Å². The molecule has 234 valence electrons. The third-order valence-corrected chi connectivity index (χ3v) is 9.21. The second-order valence-corrected chi connectivity index (χ2v) is 12.0. The monoisotopic (exact) mass is 626 g/mol. The molecule has 4 aromatic rings. The van der Waals surface area contributed by atoms with E-state index >= 15 is 0 Å². The van der Waals surface area contributed by atoms with Crippen LogP contribution in [0, 0.1) is 39.8 Å². The van der Waals surface area contributed by atoms with Crippen LogP contribution < -0.4 is 26.1 Å². The summed E-state index contributed by atoms with van der Waals surface area (Å²) in [5, 5.41) is 32.7. The number of nitrogen functional groups attached to an aromatic ring is 1. The zero-order chi connectivity index (χ0) is 32.2. The Kier molecular flexibility index (Phi) is 7.19. The first-order chi connectivity index (χ1) is 22.2. The van der Waals surface area contributed by atoms with Gasteiger partial charge >= 0.3 is 6.01 Å². The number of ether oxygens (including phenoxy) is 1. The molecule has 3 aliphatic rings. The van der Waals surface area contributed by atoms with Crippen molar-refractivity contribution in [3.8, 4) is 35.3 Å². The van der Waals surface area contributed by atoms with Crippen molar-refractivity contribution < 1.29 is 17.9 Å². The summed E-state index contributed by atoms with van der Waals surface area (Å²) in [6, 6.07) is 7.88. The number of aromatic nitrogens is 3. The highest BCUT2D eigenvalue weighted by molar-refractivity contribution is 6.03. The molecule has 0 aliphatic carbocycles. The number of anilines is 2. The zero-order valence-electron chi connectivity index (χ0n) is 24.6. The van der Waals surface area contributed by atoms with Crippen molar-refractivity contribution in [2.24, 2.45) is 0 Å². The lowest BCUT2D eigenvalue weighted by atomic mass is 9.95. The minimum Gasteiger partial charge on any atom is -0.461 e. The first kappa shape index (κ1) is 29.4. The number of halogens is 2. The van der Waals surface area contributed by atoms with E-state index in [1.165, 1.54) is 0 Å². The first-order valence-corrected chi connectivity index (χ1v) is 14.9. The van der Waals surface area contributed by atoms with Crippen molar-refractivity contribution in [3.05, 3.63) is 39.4 Å². The molecule has 3 aliphatic heterocycles. The summed E-state index contributed by atoms with van der Waals surface area (Å²) in [4.78, 5) is 30.5. The number of benzene rings is 1. The minimum atomic E-state index is -0.969. The van der Waals surface area contributed by atoms with Crippen molar-refractivity contribution in [3.63, 3.8) is 0 Å². The fourth-order valence-corrected chi connectivity index (χ4v) is 7.20. The van der Waals surface area contributed by atoms with Gasteiger partial charge in [-0.15, -0.1) is 0 Å². The smallest absolute Gasteiger partial charge is 0.319 e. The van der Waals surface area contributed by atoms with Gasteiger partial charge in [0.25, 0.3) is 0 Å². The maximum atomic E-state index is 14.9. The van der Waals surface area contributed by atoms with Crippen molar-refractivity contribution in [2.45, 2.75) is 43.4 Å². The van der Waals surface area contributed by atoms with E-state index in [-0.39, 0.29) is 81.2 Å². The Morgan fingerprint density at radius 3 is 2.83 bits per heavy atom. The summed E-state index contributed by atoms with van der Waals surface area (Å²) in [6.07, 6.45) is 1.25. The summed E-state index contributed by atoms with van der Waals surface area (Å²) in [7, 11) is 0. The van der Waals surface area contributed by atoms with Crippen LogP contribution in [-0.2, 0) is 0 Å². The average Bonchev–Trinajstić information content (AvgIpc) is 3.68. The molecule has 3 aromatic heterocycles. The largest absolute Gasteiger partial charge is 0.461 e. The van der Waals surface area contributed by atoms with Crippen molar-refractivity contribution in [1.82, 2.24) is 25.2 Å². The molecule has 6 heterocycles. The number of rotatable bonds is 6. The van der Waals surface area contributed by atoms with Crippen molar-refractivity contribution in [1.29, 1.82) is 15.8 Å². The molecule has 0 radical (unpaired) electrons. The number of H-pyrrole nitrogens is 1. The second kappa shape index (κ2) is 11.2. The Morgan fingerprint density at radius 1 is 1.20 bits per heavy atom. The Hall–Kier alpha value is -5.30. The molecular formula is C31H28F2N10O3. The normalized spacial score (nSPS) is 22.9. The number of nitrogens with one attached hydrogen (secondary N) is 2. The van der Waals surface area contributed by atoms with Gasteiger partial charge in [-0.1, -0.05) is 0 Å². The molecule has 0 bridgehead atoms. The van der Waals surface area contributed by atoms with Crippen LogP contribution in [0.15, 0.2) is 21.3 Å². The molecule has 0 saturated carbocycles. The van der Waals surface area contributed by atoms with Gasteiger partial charge in [-0.05, 0) is 25.5 Å². The Morgan fingerprint density at radius 2 is 2.04 bits per heavy atom. The van der Waals surface area contributed by atoms with Crippen LogP contribution in [0.5, 0.6) is 6.01 Å². The van der Waals surface area contributed by atoms with Crippen LogP contribution >= 0.6 is 0 Å². The topological polar surface area (TPSA) is 197 Å². The predicted octanol–water partition coefficient (Wildman–Crippen LogP) is 2.84. The lowest BCUT2D eigenvalue weighted by Crippen LogP contribution is -2.51. The molecule has 1 aromatic carbocycles. The maximum Gasteiger partial charge on any atom is 0.319 e. The molecule has 3 saturated heterocycles. The quantitative estimate of drug-likeness (QED) is 0.283. The van der Waals surface area contributed by atoms with Gasteiger partial charge in [-0.25, -0.2) is 8.78 Å². The first-order valence-electron chi connectivity index (χ1n) is 14.9. The third kappa shape index (κ3) is 4.74. The molecule has 3 fully saturated rings. The number of nitrogens with zero attached hydrogens (tertiary/aromatic N) is 7. The molecule has 15 heteroatoms. The Labute approximate surface area is 260 Å². The van der Waals surface area contributed by atoms with Gasteiger partial charge in [-0.3, -0.25) is 9.69 Å². The number of piperazine rings is 1. The number of furan rings is 1. The van der Waals surface area contributed by atoms with E-state index in [0.717, 1.165) is 31.5 Å². The zero-order valence-corrected chi connectivity index (χ0v) is 24.6. The number of aromatic amines is 1. The van der Waals surface area contributed by atoms with Crippen LogP contribution in [0.2, 0.25) is 0 Å². The van der Waals surface area contributed by atoms with E-state index in [4.69, 9.17) is 14.9 Å². The van der Waals surface area contributed by atoms with Crippen LogP contribution in [0.1, 0.15) is 36.9 Å². The fraction of sp³-hybridized carbons (Fsp3) is 0.419. The molecule has 3 atom stereocenters. The summed E-state index contributed by atoms with van der Waals surface area (Å²) >= 11 is 0. The molecule has 0 spiro atoms. The van der Waals surface area contributed by atoms with Gasteiger partial charge < -0.3 is 30.1 Å². The number of hydrogen-bond acceptors (Lipinski definition) is 12. The van der Waals surface area contributed by atoms with E-state index in [2.05, 4.69) is 31.2 Å². The lowest BCUT2D eigenvalue weighted by molar-refractivity contribution is 0.107. The molecule has 7 rings (SSSR count). The number of nitrogens with two attached hydrogens (primary N) is 1. The highest BCUT2D eigenvalue weighted by atomic mass is 19.1. The maximum absolute atomic E-state index is 14.9. The van der Waals surface area contributed by atoms with E-state index < -0.39 is 23.0 Å². The van der Waals surface area contributed by atoms with Gasteiger partial charge in [-0.2, -0.15) is 25.8 Å².